The molecular formula is C55H87NO8. The summed E-state index contributed by atoms with van der Waals surface area (Å²) in [4.78, 5) is 12.9. The maximum Gasteiger partial charge on any atom is 0.220 e. The van der Waals surface area contributed by atoms with E-state index in [1.54, 1.807) is 6.08 Å². The molecule has 0 aromatic heterocycles. The van der Waals surface area contributed by atoms with Crippen molar-refractivity contribution in [3.63, 3.8) is 0 Å². The molecule has 0 aromatic rings. The zero-order valence-corrected chi connectivity index (χ0v) is 39.5. The van der Waals surface area contributed by atoms with E-state index in [4.69, 9.17) is 9.47 Å². The molecule has 1 heterocycles. The quantitative estimate of drug-likeness (QED) is 0.0265. The number of hydrogen-bond donors (Lipinski definition) is 6. The fraction of sp³-hybridized carbons (Fsp3) is 0.582. The first kappa shape index (κ1) is 58.3. The van der Waals surface area contributed by atoms with Crippen LogP contribution in [0.1, 0.15) is 149 Å². The predicted octanol–water partition coefficient (Wildman–Crippen LogP) is 11.0. The van der Waals surface area contributed by atoms with Crippen molar-refractivity contribution >= 4 is 5.91 Å². The minimum atomic E-state index is -1.59. The largest absolute Gasteiger partial charge is 0.394 e. The Morgan fingerprint density at radius 1 is 0.547 bits per heavy atom. The van der Waals surface area contributed by atoms with Gasteiger partial charge in [-0.15, -0.1) is 0 Å². The standard InChI is InChI=1S/C55H87NO8/c1-3-5-7-9-11-13-15-17-18-19-20-21-22-23-24-25-26-27-28-29-30-31-32-33-35-37-39-41-43-45-51(59)56-48(47-63-55-54(62)53(61)52(60)50(46-57)64-55)49(58)44-42-40-38-36-34-16-14-12-10-8-6-4-2/h5,7,11,13,17-18,20-21,23-24,26-27,29-30,32-34,36-37,39,42,44,48-50,52-55,57-58,60-62H,3-4,6,8-10,12,14-16,19,22,25,28,31,35,38,40-41,43,45-47H2,1-2H3,(H,56,59)/b7-5-,13-11-,18-17-,21-20-,24-23-,27-26-,30-29-,33-32-,36-34+,39-37-,44-42+. The highest BCUT2D eigenvalue weighted by Gasteiger charge is 2.44. The first-order valence-electron chi connectivity index (χ1n) is 24.4. The lowest BCUT2D eigenvalue weighted by Crippen LogP contribution is -2.60. The van der Waals surface area contributed by atoms with Crippen molar-refractivity contribution in [1.82, 2.24) is 5.32 Å². The average molecular weight is 890 g/mol. The maximum absolute atomic E-state index is 12.9. The van der Waals surface area contributed by atoms with Gasteiger partial charge < -0.3 is 40.3 Å². The molecule has 6 N–H and O–H groups in total. The molecule has 0 aromatic carbocycles. The molecule has 1 saturated heterocycles. The fourth-order valence-corrected chi connectivity index (χ4v) is 6.58. The molecule has 1 fully saturated rings. The number of carbonyl (C=O) groups excluding carboxylic acids is 1. The lowest BCUT2D eigenvalue weighted by molar-refractivity contribution is -0.302. The Labute approximate surface area is 388 Å². The summed E-state index contributed by atoms with van der Waals surface area (Å²) in [6.45, 7) is 3.56. The Morgan fingerprint density at radius 3 is 1.50 bits per heavy atom. The summed E-state index contributed by atoms with van der Waals surface area (Å²) in [6, 6.07) is -0.861. The summed E-state index contributed by atoms with van der Waals surface area (Å²) in [7, 11) is 0. The van der Waals surface area contributed by atoms with Gasteiger partial charge in [-0.25, -0.2) is 0 Å². The minimum Gasteiger partial charge on any atom is -0.394 e. The third-order valence-corrected chi connectivity index (χ3v) is 10.5. The highest BCUT2D eigenvalue weighted by atomic mass is 16.7. The number of rotatable bonds is 38. The van der Waals surface area contributed by atoms with Crippen LogP contribution in [-0.4, -0.2) is 87.5 Å². The van der Waals surface area contributed by atoms with Crippen molar-refractivity contribution in [2.75, 3.05) is 13.2 Å². The number of carbonyl (C=O) groups is 1. The topological polar surface area (TPSA) is 149 Å². The predicted molar refractivity (Wildman–Crippen MR) is 267 cm³/mol. The van der Waals surface area contributed by atoms with Gasteiger partial charge in [0.1, 0.15) is 24.4 Å². The van der Waals surface area contributed by atoms with Gasteiger partial charge in [0, 0.05) is 6.42 Å². The van der Waals surface area contributed by atoms with Crippen molar-refractivity contribution in [3.8, 4) is 0 Å². The third kappa shape index (κ3) is 32.9. The SMILES string of the molecule is CC/C=C\C/C=C\C/C=C\C/C=C\C/C=C\C/C=C\C/C=C\C/C=C\C/C=C\CCCC(=O)NC(COC1OC(CO)C(O)C(O)C1O)C(O)/C=C/CC/C=C/CCCCCCCC. The molecule has 1 rings (SSSR count). The van der Waals surface area contributed by atoms with Crippen LogP contribution in [0.25, 0.3) is 0 Å². The summed E-state index contributed by atoms with van der Waals surface area (Å²) >= 11 is 0. The molecule has 0 aliphatic carbocycles. The van der Waals surface area contributed by atoms with Crippen LogP contribution in [0.5, 0.6) is 0 Å². The number of nitrogens with one attached hydrogen (secondary N) is 1. The molecule has 0 spiro atoms. The van der Waals surface area contributed by atoms with E-state index in [2.05, 4.69) is 141 Å². The molecule has 1 amide bonds. The van der Waals surface area contributed by atoms with E-state index in [1.807, 2.05) is 6.08 Å². The Morgan fingerprint density at radius 2 is 0.984 bits per heavy atom. The number of hydrogen-bond acceptors (Lipinski definition) is 8. The highest BCUT2D eigenvalue weighted by molar-refractivity contribution is 5.76. The van der Waals surface area contributed by atoms with Gasteiger partial charge >= 0.3 is 0 Å². The van der Waals surface area contributed by atoms with E-state index in [1.165, 1.54) is 38.5 Å². The zero-order chi connectivity index (χ0) is 46.6. The summed E-state index contributed by atoms with van der Waals surface area (Å²) in [5.74, 6) is -0.253. The van der Waals surface area contributed by atoms with E-state index < -0.39 is 49.5 Å². The number of unbranched alkanes of at least 4 members (excludes halogenated alkanes) is 8. The summed E-state index contributed by atoms with van der Waals surface area (Å²) in [5, 5.41) is 54.1. The van der Waals surface area contributed by atoms with Crippen molar-refractivity contribution < 1.29 is 39.8 Å². The molecule has 0 bridgehead atoms. The van der Waals surface area contributed by atoms with Gasteiger partial charge in [-0.1, -0.05) is 180 Å². The normalized spacial score (nSPS) is 21.3. The van der Waals surface area contributed by atoms with Crippen LogP contribution in [0.15, 0.2) is 134 Å². The Balaban J connectivity index is 2.35. The van der Waals surface area contributed by atoms with Crippen molar-refractivity contribution in [1.29, 1.82) is 0 Å². The monoisotopic (exact) mass is 890 g/mol. The average Bonchev–Trinajstić information content (AvgIpc) is 3.29. The van der Waals surface area contributed by atoms with E-state index in [9.17, 15) is 30.3 Å². The molecule has 1 aliphatic heterocycles. The number of aliphatic hydroxyl groups is 5. The maximum atomic E-state index is 12.9. The third-order valence-electron chi connectivity index (χ3n) is 10.5. The second-order valence-corrected chi connectivity index (χ2v) is 16.2. The van der Waals surface area contributed by atoms with Gasteiger partial charge in [0.05, 0.1) is 25.4 Å². The van der Waals surface area contributed by atoms with E-state index in [-0.39, 0.29) is 18.9 Å². The van der Waals surface area contributed by atoms with Crippen molar-refractivity contribution in [3.05, 3.63) is 134 Å². The minimum absolute atomic E-state index is 0.234. The molecule has 360 valence electrons. The second kappa shape index (κ2) is 43.2. The first-order chi connectivity index (χ1) is 31.3. The highest BCUT2D eigenvalue weighted by Crippen LogP contribution is 2.22. The molecule has 9 heteroatoms. The number of aliphatic hydroxyl groups excluding tert-OH is 5. The molecule has 7 atom stereocenters. The lowest BCUT2D eigenvalue weighted by Gasteiger charge is -2.40. The van der Waals surface area contributed by atoms with Crippen LogP contribution in [0.4, 0.5) is 0 Å². The number of ether oxygens (including phenoxy) is 2. The van der Waals surface area contributed by atoms with Gasteiger partial charge in [-0.05, 0) is 96.3 Å². The Hall–Kier alpha value is -3.67. The van der Waals surface area contributed by atoms with E-state index >= 15 is 0 Å². The Bertz CT molecular complexity index is 1450. The second-order valence-electron chi connectivity index (χ2n) is 16.2. The summed E-state index contributed by atoms with van der Waals surface area (Å²) in [6.07, 6.45) is 59.4. The first-order valence-corrected chi connectivity index (χ1v) is 24.4. The van der Waals surface area contributed by atoms with Crippen LogP contribution in [0.2, 0.25) is 0 Å². The Kier molecular flexibility index (Phi) is 39.4. The van der Waals surface area contributed by atoms with Gasteiger partial charge in [0.2, 0.25) is 5.91 Å². The number of allylic oxidation sites excluding steroid dienone is 21. The van der Waals surface area contributed by atoms with E-state index in [0.717, 1.165) is 83.5 Å². The lowest BCUT2D eigenvalue weighted by atomic mass is 9.99. The van der Waals surface area contributed by atoms with Crippen LogP contribution in [-0.2, 0) is 14.3 Å². The molecule has 0 saturated carbocycles. The van der Waals surface area contributed by atoms with Crippen molar-refractivity contribution in [2.24, 2.45) is 0 Å². The van der Waals surface area contributed by atoms with Gasteiger partial charge in [-0.3, -0.25) is 4.79 Å². The van der Waals surface area contributed by atoms with Crippen molar-refractivity contribution in [2.45, 2.75) is 192 Å². The van der Waals surface area contributed by atoms with Gasteiger partial charge in [0.15, 0.2) is 6.29 Å². The fourth-order valence-electron chi connectivity index (χ4n) is 6.58. The molecular weight excluding hydrogens is 803 g/mol. The van der Waals surface area contributed by atoms with Gasteiger partial charge in [0.25, 0.3) is 0 Å². The van der Waals surface area contributed by atoms with Crippen LogP contribution >= 0.6 is 0 Å². The van der Waals surface area contributed by atoms with E-state index in [0.29, 0.717) is 6.42 Å². The zero-order valence-electron chi connectivity index (χ0n) is 39.5. The molecule has 1 aliphatic rings. The summed E-state index contributed by atoms with van der Waals surface area (Å²) in [5.41, 5.74) is 0. The van der Waals surface area contributed by atoms with Crippen LogP contribution in [0, 0.1) is 0 Å². The van der Waals surface area contributed by atoms with Gasteiger partial charge in [-0.2, -0.15) is 0 Å². The van der Waals surface area contributed by atoms with Crippen LogP contribution < -0.4 is 5.32 Å². The smallest absolute Gasteiger partial charge is 0.220 e. The number of amides is 1. The summed E-state index contributed by atoms with van der Waals surface area (Å²) < 4.78 is 11.2. The molecule has 0 radical (unpaired) electrons. The van der Waals surface area contributed by atoms with Crippen LogP contribution in [0.3, 0.4) is 0 Å². The molecule has 7 unspecified atom stereocenters. The molecule has 9 nitrogen and oxygen atoms in total. The molecule has 64 heavy (non-hydrogen) atoms.